The Bertz CT molecular complexity index is 1700. The number of amides is 1. The van der Waals surface area contributed by atoms with Crippen LogP contribution in [0.25, 0.3) is 0 Å². The maximum Gasteiger partial charge on any atom is 0.410 e. The summed E-state index contributed by atoms with van der Waals surface area (Å²) in [5.74, 6) is 1.24. The number of hydrogen-bond donors (Lipinski definition) is 2. The van der Waals surface area contributed by atoms with Crippen LogP contribution >= 0.6 is 11.6 Å². The molecule has 1 amide bonds. The summed E-state index contributed by atoms with van der Waals surface area (Å²) in [6.45, 7) is 10.6. The lowest BCUT2D eigenvalue weighted by atomic mass is 10.0. The van der Waals surface area contributed by atoms with Crippen molar-refractivity contribution < 1.29 is 22.7 Å². The van der Waals surface area contributed by atoms with Crippen molar-refractivity contribution in [1.29, 1.82) is 0 Å². The molecule has 2 aromatic carbocycles. The normalized spacial score (nSPS) is 16.4. The van der Waals surface area contributed by atoms with Crippen molar-refractivity contribution in [2.24, 2.45) is 0 Å². The number of para-hydroxylation sites is 2. The smallest absolute Gasteiger partial charge is 0.410 e. The van der Waals surface area contributed by atoms with Gasteiger partial charge in [0.25, 0.3) is 0 Å². The second-order valence-corrected chi connectivity index (χ2v) is 15.4. The van der Waals surface area contributed by atoms with Crippen LogP contribution in [0.4, 0.5) is 39.3 Å². The number of sulfonamides is 1. The van der Waals surface area contributed by atoms with Crippen LogP contribution in [0.3, 0.4) is 0 Å². The van der Waals surface area contributed by atoms with Crippen molar-refractivity contribution in [3.05, 3.63) is 53.7 Å². The average Bonchev–Trinajstić information content (AvgIpc) is 3.05. The third kappa shape index (κ3) is 8.71. The van der Waals surface area contributed by atoms with Gasteiger partial charge in [0.05, 0.1) is 36.6 Å². The van der Waals surface area contributed by atoms with Crippen molar-refractivity contribution in [1.82, 2.24) is 19.8 Å². The van der Waals surface area contributed by atoms with Gasteiger partial charge in [-0.2, -0.15) is 4.98 Å². The first-order valence-electron chi connectivity index (χ1n) is 16.0. The number of hydrogen-bond acceptors (Lipinski definition) is 11. The molecule has 0 radical (unpaired) electrons. The van der Waals surface area contributed by atoms with E-state index in [4.69, 9.17) is 21.1 Å². The maximum atomic E-state index is 12.5. The highest BCUT2D eigenvalue weighted by Crippen LogP contribution is 2.35. The molecule has 3 heterocycles. The number of methoxy groups -OCH3 is 1. The lowest BCUT2D eigenvalue weighted by molar-refractivity contribution is 0.00901. The molecule has 48 heavy (non-hydrogen) atoms. The van der Waals surface area contributed by atoms with Gasteiger partial charge in [0.2, 0.25) is 16.0 Å². The van der Waals surface area contributed by atoms with Crippen LogP contribution in [0.1, 0.15) is 33.6 Å². The molecular weight excluding hydrogens is 656 g/mol. The zero-order chi connectivity index (χ0) is 34.6. The number of benzene rings is 2. The van der Waals surface area contributed by atoms with E-state index in [1.54, 1.807) is 31.4 Å². The summed E-state index contributed by atoms with van der Waals surface area (Å²) in [5.41, 5.74) is 2.23. The van der Waals surface area contributed by atoms with Crippen LogP contribution in [0, 0.1) is 0 Å². The topological polar surface area (TPSA) is 132 Å². The summed E-state index contributed by atoms with van der Waals surface area (Å²) in [4.78, 5) is 28.0. The van der Waals surface area contributed by atoms with E-state index < -0.39 is 15.6 Å². The zero-order valence-corrected chi connectivity index (χ0v) is 29.9. The van der Waals surface area contributed by atoms with Gasteiger partial charge in [-0.15, -0.1) is 0 Å². The van der Waals surface area contributed by atoms with E-state index in [1.165, 1.54) is 17.5 Å². The Labute approximate surface area is 288 Å². The lowest BCUT2D eigenvalue weighted by Gasteiger charge is -2.43. The third-order valence-electron chi connectivity index (χ3n) is 8.48. The predicted octanol–water partition coefficient (Wildman–Crippen LogP) is 5.54. The van der Waals surface area contributed by atoms with Crippen LogP contribution in [-0.2, 0) is 14.8 Å². The largest absolute Gasteiger partial charge is 0.494 e. The summed E-state index contributed by atoms with van der Waals surface area (Å²) in [6.07, 6.45) is 4.45. The number of piperazine rings is 1. The first-order valence-corrected chi connectivity index (χ1v) is 18.2. The molecule has 0 atom stereocenters. The molecular formula is C33H45ClN8O5S. The summed E-state index contributed by atoms with van der Waals surface area (Å²) in [6, 6.07) is 13.5. The lowest BCUT2D eigenvalue weighted by Crippen LogP contribution is -2.55. The number of rotatable bonds is 9. The predicted molar refractivity (Wildman–Crippen MR) is 191 cm³/mol. The number of carbonyl (C=O) groups excluding carboxylic acids is 1. The van der Waals surface area contributed by atoms with Crippen LogP contribution < -0.4 is 24.6 Å². The summed E-state index contributed by atoms with van der Waals surface area (Å²) < 4.78 is 36.9. The Kier molecular flexibility index (Phi) is 10.8. The minimum absolute atomic E-state index is 0.232. The van der Waals surface area contributed by atoms with Gasteiger partial charge in [0, 0.05) is 64.1 Å². The zero-order valence-electron chi connectivity index (χ0n) is 28.4. The fourth-order valence-electron chi connectivity index (χ4n) is 5.86. The molecule has 0 spiro atoms. The monoisotopic (exact) mass is 700 g/mol. The van der Waals surface area contributed by atoms with Gasteiger partial charge in [-0.05, 0) is 57.9 Å². The van der Waals surface area contributed by atoms with Gasteiger partial charge in [0.15, 0.2) is 5.82 Å². The summed E-state index contributed by atoms with van der Waals surface area (Å²) in [5, 5.41) is 6.65. The summed E-state index contributed by atoms with van der Waals surface area (Å²) in [7, 11) is -0.377. The van der Waals surface area contributed by atoms with Crippen molar-refractivity contribution in [2.75, 3.05) is 79.5 Å². The standard InChI is InChI=1S/C33H45ClN8O5S/c1-33(2,3)47-32(43)42-19-17-41(18-20-42)23-13-15-40(16-14-23)24-11-12-27(29(21-24)46-5)37-31-35-22-25(34)30(38-31)36-26-9-7-8-10-28(26)39(4)48(6,44)45/h7-12,21-23H,13-20H2,1-6H3,(H2,35,36,37,38). The minimum Gasteiger partial charge on any atom is -0.494 e. The first-order chi connectivity index (χ1) is 22.7. The number of piperidine rings is 1. The quantitative estimate of drug-likeness (QED) is 0.292. The Morgan fingerprint density at radius 3 is 2.33 bits per heavy atom. The molecule has 3 aromatic rings. The fraction of sp³-hybridized carbons (Fsp3) is 0.485. The van der Waals surface area contributed by atoms with Crippen LogP contribution in [0.15, 0.2) is 48.7 Å². The van der Waals surface area contributed by atoms with Crippen molar-refractivity contribution in [2.45, 2.75) is 45.3 Å². The number of nitrogens with one attached hydrogen (secondary N) is 2. The second-order valence-electron chi connectivity index (χ2n) is 13.0. The van der Waals surface area contributed by atoms with E-state index >= 15 is 0 Å². The van der Waals surface area contributed by atoms with Crippen LogP contribution in [0.2, 0.25) is 5.02 Å². The molecule has 2 aliphatic heterocycles. The molecule has 0 aliphatic carbocycles. The Hall–Kier alpha value is -4.01. The van der Waals surface area contributed by atoms with Gasteiger partial charge in [0.1, 0.15) is 16.4 Å². The molecule has 2 N–H and O–H groups in total. The van der Waals surface area contributed by atoms with Gasteiger partial charge in [-0.25, -0.2) is 18.2 Å². The molecule has 15 heteroatoms. The van der Waals surface area contributed by atoms with Crippen molar-refractivity contribution in [3.8, 4) is 5.75 Å². The Balaban J connectivity index is 1.20. The average molecular weight is 701 g/mol. The molecule has 13 nitrogen and oxygen atoms in total. The second kappa shape index (κ2) is 14.6. The van der Waals surface area contributed by atoms with E-state index in [0.29, 0.717) is 47.8 Å². The number of halogens is 1. The van der Waals surface area contributed by atoms with Gasteiger partial charge < -0.3 is 29.9 Å². The van der Waals surface area contributed by atoms with E-state index in [1.807, 2.05) is 37.8 Å². The van der Waals surface area contributed by atoms with E-state index in [-0.39, 0.29) is 17.1 Å². The molecule has 260 valence electrons. The fourth-order valence-corrected chi connectivity index (χ4v) is 6.52. The molecule has 0 unspecified atom stereocenters. The maximum absolute atomic E-state index is 12.5. The SMILES string of the molecule is COc1cc(N2CCC(N3CCN(C(=O)OC(C)(C)C)CC3)CC2)ccc1Nc1ncc(Cl)c(Nc2ccccc2N(C)S(C)(=O)=O)n1. The Morgan fingerprint density at radius 1 is 1.00 bits per heavy atom. The van der Waals surface area contributed by atoms with Crippen LogP contribution in [0.5, 0.6) is 5.75 Å². The Morgan fingerprint density at radius 2 is 1.69 bits per heavy atom. The molecule has 2 aliphatic rings. The number of nitrogens with zero attached hydrogens (tertiary/aromatic N) is 6. The number of carbonyl (C=O) groups is 1. The molecule has 0 bridgehead atoms. The van der Waals surface area contributed by atoms with Crippen LogP contribution in [-0.4, -0.2) is 106 Å². The van der Waals surface area contributed by atoms with E-state index in [9.17, 15) is 13.2 Å². The van der Waals surface area contributed by atoms with Crippen molar-refractivity contribution >= 4 is 62.2 Å². The van der Waals surface area contributed by atoms with E-state index in [2.05, 4.69) is 36.5 Å². The highest BCUT2D eigenvalue weighted by Gasteiger charge is 2.31. The molecule has 0 saturated carbocycles. The molecule has 2 saturated heterocycles. The van der Waals surface area contributed by atoms with Gasteiger partial charge >= 0.3 is 6.09 Å². The number of anilines is 6. The molecule has 1 aromatic heterocycles. The third-order valence-corrected chi connectivity index (χ3v) is 9.95. The number of ether oxygens (including phenoxy) is 2. The molecule has 2 fully saturated rings. The first kappa shape index (κ1) is 35.3. The van der Waals surface area contributed by atoms with Gasteiger partial charge in [-0.3, -0.25) is 9.21 Å². The van der Waals surface area contributed by atoms with Gasteiger partial charge in [-0.1, -0.05) is 23.7 Å². The van der Waals surface area contributed by atoms with Crippen molar-refractivity contribution in [3.63, 3.8) is 0 Å². The van der Waals surface area contributed by atoms with E-state index in [0.717, 1.165) is 51.0 Å². The molecule has 5 rings (SSSR count). The number of aromatic nitrogens is 2. The highest BCUT2D eigenvalue weighted by atomic mass is 35.5. The minimum atomic E-state index is -3.49. The highest BCUT2D eigenvalue weighted by molar-refractivity contribution is 7.92. The summed E-state index contributed by atoms with van der Waals surface area (Å²) >= 11 is 6.43.